The van der Waals surface area contributed by atoms with Crippen molar-refractivity contribution in [3.8, 4) is 0 Å². The van der Waals surface area contributed by atoms with E-state index < -0.39 is 0 Å². The van der Waals surface area contributed by atoms with Crippen molar-refractivity contribution in [1.29, 1.82) is 0 Å². The van der Waals surface area contributed by atoms with Crippen LogP contribution in [0.25, 0.3) is 0 Å². The van der Waals surface area contributed by atoms with Gasteiger partial charge in [0.25, 0.3) is 0 Å². The molecule has 1 saturated carbocycles. The molecule has 1 aliphatic carbocycles. The molecule has 1 aliphatic rings. The Morgan fingerprint density at radius 1 is 1.55 bits per heavy atom. The smallest absolute Gasteiger partial charge is 0.226 e. The minimum Gasteiger partial charge on any atom is -0.340 e. The van der Waals surface area contributed by atoms with E-state index in [-0.39, 0.29) is 23.3 Å². The molecule has 1 amide bonds. The summed E-state index contributed by atoms with van der Waals surface area (Å²) in [5, 5.41) is 1.99. The lowest BCUT2D eigenvalue weighted by atomic mass is 9.61. The first-order chi connectivity index (χ1) is 9.34. The molecule has 0 spiro atoms. The second-order valence-corrected chi connectivity index (χ2v) is 7.30. The molecule has 0 saturated heterocycles. The van der Waals surface area contributed by atoms with E-state index in [0.717, 1.165) is 18.5 Å². The molecule has 112 valence electrons. The monoisotopic (exact) mass is 295 g/mol. The molecule has 5 heteroatoms. The molecule has 2 rings (SSSR count). The molecule has 1 fully saturated rings. The van der Waals surface area contributed by atoms with E-state index >= 15 is 0 Å². The number of thiazole rings is 1. The summed E-state index contributed by atoms with van der Waals surface area (Å²) >= 11 is 1.56. The van der Waals surface area contributed by atoms with Gasteiger partial charge in [0.1, 0.15) is 0 Å². The van der Waals surface area contributed by atoms with Crippen LogP contribution in [0.3, 0.4) is 0 Å². The van der Waals surface area contributed by atoms with Crippen LogP contribution in [0.4, 0.5) is 0 Å². The van der Waals surface area contributed by atoms with Gasteiger partial charge in [-0.25, -0.2) is 4.98 Å². The Hall–Kier alpha value is -0.940. The van der Waals surface area contributed by atoms with Crippen molar-refractivity contribution >= 4 is 17.2 Å². The Morgan fingerprint density at radius 2 is 2.25 bits per heavy atom. The zero-order valence-corrected chi connectivity index (χ0v) is 13.6. The summed E-state index contributed by atoms with van der Waals surface area (Å²) < 4.78 is 0. The average molecular weight is 295 g/mol. The SMILES string of the molecule is CC1C(N)CCC(C(=O)N(C)Cc2cscn2)C1(C)C. The fourth-order valence-corrected chi connectivity index (χ4v) is 3.74. The molecule has 1 aromatic rings. The molecule has 0 bridgehead atoms. The summed E-state index contributed by atoms with van der Waals surface area (Å²) in [7, 11) is 1.87. The lowest BCUT2D eigenvalue weighted by Crippen LogP contribution is -2.51. The standard InChI is InChI=1S/C15H25N3OS/c1-10-13(16)6-5-12(15(10,2)3)14(19)18(4)7-11-8-20-9-17-11/h8-10,12-13H,5-7,16H2,1-4H3. The highest BCUT2D eigenvalue weighted by Gasteiger charge is 2.45. The van der Waals surface area contributed by atoms with Crippen LogP contribution < -0.4 is 5.73 Å². The van der Waals surface area contributed by atoms with E-state index in [0.29, 0.717) is 12.5 Å². The molecule has 3 unspecified atom stereocenters. The van der Waals surface area contributed by atoms with Crippen molar-refractivity contribution in [3.05, 3.63) is 16.6 Å². The second kappa shape index (κ2) is 5.82. The summed E-state index contributed by atoms with van der Waals surface area (Å²) in [6.45, 7) is 7.12. The number of carbonyl (C=O) groups excluding carboxylic acids is 1. The molecule has 3 atom stereocenters. The minimum atomic E-state index is -0.0505. The average Bonchev–Trinajstić information content (AvgIpc) is 2.88. The van der Waals surface area contributed by atoms with Crippen molar-refractivity contribution in [2.45, 2.75) is 46.2 Å². The molecular formula is C15H25N3OS. The molecule has 1 heterocycles. The fourth-order valence-electron chi connectivity index (χ4n) is 3.19. The lowest BCUT2D eigenvalue weighted by Gasteiger charge is -2.47. The van der Waals surface area contributed by atoms with Gasteiger partial charge in [-0.15, -0.1) is 11.3 Å². The van der Waals surface area contributed by atoms with E-state index in [1.165, 1.54) is 0 Å². The zero-order valence-electron chi connectivity index (χ0n) is 12.8. The molecule has 4 nitrogen and oxygen atoms in total. The van der Waals surface area contributed by atoms with Crippen molar-refractivity contribution < 1.29 is 4.79 Å². The van der Waals surface area contributed by atoms with E-state index in [1.807, 2.05) is 17.3 Å². The van der Waals surface area contributed by atoms with Gasteiger partial charge in [0.15, 0.2) is 0 Å². The number of hydrogen-bond acceptors (Lipinski definition) is 4. The van der Waals surface area contributed by atoms with Gasteiger partial charge < -0.3 is 10.6 Å². The molecule has 0 radical (unpaired) electrons. The Balaban J connectivity index is 2.08. The third-order valence-corrected chi connectivity index (χ3v) is 5.69. The maximum atomic E-state index is 12.8. The van der Waals surface area contributed by atoms with Gasteiger partial charge in [-0.3, -0.25) is 4.79 Å². The predicted molar refractivity (Wildman–Crippen MR) is 82.2 cm³/mol. The van der Waals surface area contributed by atoms with Crippen LogP contribution in [0.2, 0.25) is 0 Å². The van der Waals surface area contributed by atoms with E-state index in [2.05, 4.69) is 25.8 Å². The molecule has 1 aromatic heterocycles. The van der Waals surface area contributed by atoms with Crippen LogP contribution >= 0.6 is 11.3 Å². The van der Waals surface area contributed by atoms with Gasteiger partial charge in [-0.2, -0.15) is 0 Å². The number of hydrogen-bond donors (Lipinski definition) is 1. The summed E-state index contributed by atoms with van der Waals surface area (Å²) in [6, 6.07) is 0.206. The third-order valence-electron chi connectivity index (χ3n) is 5.06. The van der Waals surface area contributed by atoms with Crippen molar-refractivity contribution in [3.63, 3.8) is 0 Å². The number of rotatable bonds is 3. The molecule has 0 aromatic carbocycles. The van der Waals surface area contributed by atoms with E-state index in [4.69, 9.17) is 5.73 Å². The van der Waals surface area contributed by atoms with Crippen molar-refractivity contribution in [2.24, 2.45) is 23.0 Å². The van der Waals surface area contributed by atoms with E-state index in [9.17, 15) is 4.79 Å². The van der Waals surface area contributed by atoms with Crippen LogP contribution in [0.5, 0.6) is 0 Å². The van der Waals surface area contributed by atoms with Gasteiger partial charge in [0.05, 0.1) is 17.7 Å². The van der Waals surface area contributed by atoms with Gasteiger partial charge in [0.2, 0.25) is 5.91 Å². The number of nitrogens with two attached hydrogens (primary N) is 1. The first kappa shape index (κ1) is 15.4. The topological polar surface area (TPSA) is 59.2 Å². The van der Waals surface area contributed by atoms with Crippen LogP contribution in [0.1, 0.15) is 39.3 Å². The largest absolute Gasteiger partial charge is 0.340 e. The van der Waals surface area contributed by atoms with Gasteiger partial charge in [-0.05, 0) is 24.2 Å². The predicted octanol–water partition coefficient (Wildman–Crippen LogP) is 2.50. The molecule has 20 heavy (non-hydrogen) atoms. The Kier molecular flexibility index (Phi) is 4.49. The number of carbonyl (C=O) groups is 1. The minimum absolute atomic E-state index is 0.0505. The molecule has 2 N–H and O–H groups in total. The first-order valence-corrected chi connectivity index (χ1v) is 8.16. The van der Waals surface area contributed by atoms with Crippen molar-refractivity contribution in [2.75, 3.05) is 7.05 Å². The van der Waals surface area contributed by atoms with E-state index in [1.54, 1.807) is 16.8 Å². The Labute approximate surface area is 125 Å². The van der Waals surface area contributed by atoms with Crippen LogP contribution in [-0.2, 0) is 11.3 Å². The highest BCUT2D eigenvalue weighted by molar-refractivity contribution is 7.07. The molecular weight excluding hydrogens is 270 g/mol. The van der Waals surface area contributed by atoms with Crippen LogP contribution in [-0.4, -0.2) is 28.9 Å². The number of nitrogens with zero attached hydrogens (tertiary/aromatic N) is 2. The molecule has 0 aliphatic heterocycles. The highest BCUT2D eigenvalue weighted by Crippen LogP contribution is 2.45. The Morgan fingerprint density at radius 3 is 2.85 bits per heavy atom. The maximum absolute atomic E-state index is 12.8. The Bertz CT molecular complexity index is 458. The summed E-state index contributed by atoms with van der Waals surface area (Å²) in [5.74, 6) is 0.639. The van der Waals surface area contributed by atoms with Crippen LogP contribution in [0.15, 0.2) is 10.9 Å². The maximum Gasteiger partial charge on any atom is 0.226 e. The fraction of sp³-hybridized carbons (Fsp3) is 0.733. The second-order valence-electron chi connectivity index (χ2n) is 6.58. The lowest BCUT2D eigenvalue weighted by molar-refractivity contribution is -0.142. The summed E-state index contributed by atoms with van der Waals surface area (Å²) in [6.07, 6.45) is 1.82. The van der Waals surface area contributed by atoms with Gasteiger partial charge in [0, 0.05) is 24.4 Å². The number of aromatic nitrogens is 1. The third kappa shape index (κ3) is 2.88. The van der Waals surface area contributed by atoms with Crippen molar-refractivity contribution in [1.82, 2.24) is 9.88 Å². The number of amides is 1. The van der Waals surface area contributed by atoms with Gasteiger partial charge >= 0.3 is 0 Å². The normalized spacial score (nSPS) is 29.1. The van der Waals surface area contributed by atoms with Crippen LogP contribution in [0, 0.1) is 17.3 Å². The zero-order chi connectivity index (χ0) is 14.9. The quantitative estimate of drug-likeness (QED) is 0.932. The first-order valence-electron chi connectivity index (χ1n) is 7.21. The summed E-state index contributed by atoms with van der Waals surface area (Å²) in [4.78, 5) is 18.8. The summed E-state index contributed by atoms with van der Waals surface area (Å²) in [5.41, 5.74) is 8.89. The highest BCUT2D eigenvalue weighted by atomic mass is 32.1. The van der Waals surface area contributed by atoms with Gasteiger partial charge in [-0.1, -0.05) is 20.8 Å².